The summed E-state index contributed by atoms with van der Waals surface area (Å²) in [5.41, 5.74) is 5.24. The van der Waals surface area contributed by atoms with Gasteiger partial charge < -0.3 is 15.4 Å². The number of H-pyrrole nitrogens is 1. The fourth-order valence-electron chi connectivity index (χ4n) is 2.97. The minimum absolute atomic E-state index is 0.0273. The first kappa shape index (κ1) is 22.7. The number of rotatable bonds is 7. The molecule has 0 saturated carbocycles. The molecule has 0 fully saturated rings. The predicted octanol–water partition coefficient (Wildman–Crippen LogP) is 2.85. The summed E-state index contributed by atoms with van der Waals surface area (Å²) in [4.78, 5) is 42.0. The van der Waals surface area contributed by atoms with Gasteiger partial charge in [-0.1, -0.05) is 27.7 Å². The van der Waals surface area contributed by atoms with Gasteiger partial charge in [-0.15, -0.1) is 0 Å². The van der Waals surface area contributed by atoms with Crippen molar-refractivity contribution < 1.29 is 9.53 Å². The Morgan fingerprint density at radius 2 is 1.90 bits per heavy atom. The molecule has 0 radical (unpaired) electrons. The Bertz CT molecular complexity index is 1010. The molecule has 1 aromatic carbocycles. The van der Waals surface area contributed by atoms with Crippen LogP contribution < -0.4 is 26.6 Å². The Morgan fingerprint density at radius 1 is 1.24 bits per heavy atom. The van der Waals surface area contributed by atoms with Crippen molar-refractivity contribution in [1.82, 2.24) is 9.55 Å². The number of carbonyl (C=O) groups is 1. The van der Waals surface area contributed by atoms with Gasteiger partial charge in [0.15, 0.2) is 5.69 Å². The monoisotopic (exact) mass is 466 g/mol. The molecule has 0 unspecified atom stereocenters. The van der Waals surface area contributed by atoms with Gasteiger partial charge in [-0.3, -0.25) is 19.1 Å². The van der Waals surface area contributed by atoms with E-state index in [4.69, 9.17) is 10.5 Å². The van der Waals surface area contributed by atoms with Crippen LogP contribution >= 0.6 is 15.9 Å². The lowest BCUT2D eigenvalue weighted by molar-refractivity contribution is 0.0982. The summed E-state index contributed by atoms with van der Waals surface area (Å²) in [6.45, 7) is 8.28. The van der Waals surface area contributed by atoms with E-state index in [0.29, 0.717) is 22.3 Å². The number of nitrogens with zero attached hydrogens (tertiary/aromatic N) is 2. The van der Waals surface area contributed by atoms with Crippen LogP contribution in [0, 0.1) is 11.8 Å². The van der Waals surface area contributed by atoms with Gasteiger partial charge in [0.1, 0.15) is 11.6 Å². The van der Waals surface area contributed by atoms with E-state index in [0.717, 1.165) is 0 Å². The lowest BCUT2D eigenvalue weighted by Crippen LogP contribution is -2.43. The number of amides is 1. The number of nitrogens with one attached hydrogen (secondary N) is 1. The average Bonchev–Trinajstić information content (AvgIpc) is 2.63. The maximum absolute atomic E-state index is 13.4. The predicted molar refractivity (Wildman–Crippen MR) is 118 cm³/mol. The smallest absolute Gasteiger partial charge is 0.330 e. The molecule has 29 heavy (non-hydrogen) atoms. The molecule has 3 N–H and O–H groups in total. The van der Waals surface area contributed by atoms with Crippen LogP contribution in [0.5, 0.6) is 5.75 Å². The van der Waals surface area contributed by atoms with Crippen LogP contribution in [0.1, 0.15) is 38.1 Å². The zero-order valence-electron chi connectivity index (χ0n) is 17.3. The van der Waals surface area contributed by atoms with E-state index in [9.17, 15) is 14.4 Å². The maximum atomic E-state index is 13.4. The molecule has 2 rings (SSSR count). The lowest BCUT2D eigenvalue weighted by Gasteiger charge is -2.27. The van der Waals surface area contributed by atoms with Crippen LogP contribution in [-0.4, -0.2) is 29.1 Å². The third kappa shape index (κ3) is 5.09. The first-order valence-corrected chi connectivity index (χ1v) is 10.1. The van der Waals surface area contributed by atoms with Gasteiger partial charge in [0.2, 0.25) is 0 Å². The number of hydrogen-bond donors (Lipinski definition) is 2. The number of benzene rings is 1. The maximum Gasteiger partial charge on any atom is 0.330 e. The van der Waals surface area contributed by atoms with Crippen molar-refractivity contribution in [2.45, 2.75) is 34.2 Å². The highest BCUT2D eigenvalue weighted by molar-refractivity contribution is 9.10. The summed E-state index contributed by atoms with van der Waals surface area (Å²) in [5, 5.41) is 0. The van der Waals surface area contributed by atoms with E-state index in [2.05, 4.69) is 20.9 Å². The van der Waals surface area contributed by atoms with Crippen molar-refractivity contribution in [2.75, 3.05) is 24.3 Å². The highest BCUT2D eigenvalue weighted by Crippen LogP contribution is 2.27. The summed E-state index contributed by atoms with van der Waals surface area (Å²) in [6, 6.07) is 5.01. The molecule has 2 aromatic rings. The summed E-state index contributed by atoms with van der Waals surface area (Å²) in [5.74, 6) is 0.229. The fourth-order valence-corrected chi connectivity index (χ4v) is 3.38. The van der Waals surface area contributed by atoms with Gasteiger partial charge in [-0.25, -0.2) is 4.79 Å². The van der Waals surface area contributed by atoms with E-state index in [1.165, 1.54) is 16.6 Å². The molecule has 0 bridgehead atoms. The van der Waals surface area contributed by atoms with Gasteiger partial charge >= 0.3 is 5.69 Å². The summed E-state index contributed by atoms with van der Waals surface area (Å²) < 4.78 is 7.08. The van der Waals surface area contributed by atoms with E-state index in [1.807, 2.05) is 27.7 Å². The second-order valence-corrected chi connectivity index (χ2v) is 8.51. The molecular formula is C20H27BrN4O4. The van der Waals surface area contributed by atoms with Gasteiger partial charge in [0.25, 0.3) is 11.5 Å². The molecule has 0 saturated heterocycles. The molecule has 0 spiro atoms. The van der Waals surface area contributed by atoms with Crippen LogP contribution in [0.15, 0.2) is 32.3 Å². The molecule has 0 atom stereocenters. The minimum Gasteiger partial charge on any atom is -0.497 e. The molecule has 9 heteroatoms. The van der Waals surface area contributed by atoms with Crippen LogP contribution in [-0.2, 0) is 6.54 Å². The molecule has 158 valence electrons. The zero-order valence-corrected chi connectivity index (χ0v) is 18.9. The van der Waals surface area contributed by atoms with Crippen LogP contribution in [0.3, 0.4) is 0 Å². The lowest BCUT2D eigenvalue weighted by atomic mass is 10.1. The molecular weight excluding hydrogens is 440 g/mol. The number of methoxy groups -OCH3 is 1. The number of aromatic nitrogens is 2. The largest absolute Gasteiger partial charge is 0.497 e. The van der Waals surface area contributed by atoms with Crippen LogP contribution in [0.4, 0.5) is 11.5 Å². The summed E-state index contributed by atoms with van der Waals surface area (Å²) in [6.07, 6.45) is 0. The Kier molecular flexibility index (Phi) is 7.29. The summed E-state index contributed by atoms with van der Waals surface area (Å²) >= 11 is 3.39. The van der Waals surface area contributed by atoms with Crippen molar-refractivity contribution in [1.29, 1.82) is 0 Å². The number of carbonyl (C=O) groups excluding carboxylic acids is 1. The number of ether oxygens (including phenoxy) is 1. The Hall–Kier alpha value is -2.55. The third-order valence-electron chi connectivity index (χ3n) is 4.23. The molecule has 1 aromatic heterocycles. The van der Waals surface area contributed by atoms with Gasteiger partial charge in [-0.05, 0) is 46.0 Å². The highest BCUT2D eigenvalue weighted by Gasteiger charge is 2.27. The van der Waals surface area contributed by atoms with Crippen molar-refractivity contribution in [3.63, 3.8) is 0 Å². The number of nitrogens with two attached hydrogens (primary N) is 1. The van der Waals surface area contributed by atoms with E-state index in [-0.39, 0.29) is 29.9 Å². The highest BCUT2D eigenvalue weighted by atomic mass is 79.9. The van der Waals surface area contributed by atoms with E-state index in [1.54, 1.807) is 18.2 Å². The Morgan fingerprint density at radius 3 is 2.45 bits per heavy atom. The van der Waals surface area contributed by atoms with Crippen molar-refractivity contribution in [3.8, 4) is 5.75 Å². The first-order valence-electron chi connectivity index (χ1n) is 9.34. The molecule has 0 aliphatic rings. The minimum atomic E-state index is -0.694. The van der Waals surface area contributed by atoms with Gasteiger partial charge in [-0.2, -0.15) is 0 Å². The SMILES string of the molecule is COc1ccc(Br)c(C(=O)N(CC(C)C)c2c(N)n(CC(C)C)c(=O)[nH]c2=O)c1. The second-order valence-electron chi connectivity index (χ2n) is 7.65. The molecule has 0 aliphatic heterocycles. The normalized spacial score (nSPS) is 11.2. The number of anilines is 2. The molecule has 1 heterocycles. The molecule has 0 aliphatic carbocycles. The number of aromatic amines is 1. The first-order chi connectivity index (χ1) is 13.6. The quantitative estimate of drug-likeness (QED) is 0.651. The van der Waals surface area contributed by atoms with Crippen LogP contribution in [0.2, 0.25) is 0 Å². The van der Waals surface area contributed by atoms with E-state index >= 15 is 0 Å². The topological polar surface area (TPSA) is 110 Å². The van der Waals surface area contributed by atoms with Crippen LogP contribution in [0.25, 0.3) is 0 Å². The Labute approximate surface area is 177 Å². The summed E-state index contributed by atoms with van der Waals surface area (Å²) in [7, 11) is 1.51. The van der Waals surface area contributed by atoms with E-state index < -0.39 is 17.2 Å². The fraction of sp³-hybridized carbons (Fsp3) is 0.450. The third-order valence-corrected chi connectivity index (χ3v) is 4.92. The zero-order chi connectivity index (χ0) is 21.9. The number of hydrogen-bond acceptors (Lipinski definition) is 5. The Balaban J connectivity index is 2.69. The molecule has 1 amide bonds. The molecule has 8 nitrogen and oxygen atoms in total. The van der Waals surface area contributed by atoms with Gasteiger partial charge in [0.05, 0.1) is 12.7 Å². The van der Waals surface area contributed by atoms with Crippen molar-refractivity contribution >= 4 is 33.3 Å². The average molecular weight is 467 g/mol. The second kappa shape index (κ2) is 9.30. The van der Waals surface area contributed by atoms with Crippen molar-refractivity contribution in [2.24, 2.45) is 11.8 Å². The standard InChI is InChI=1S/C20H27BrN4O4/c1-11(2)9-24(19(27)14-8-13(29-5)6-7-15(14)21)16-17(22)25(10-12(3)4)20(28)23-18(16)26/h6-8,11-12H,9-10,22H2,1-5H3,(H,23,26,28). The van der Waals surface area contributed by atoms with Crippen molar-refractivity contribution in [3.05, 3.63) is 49.1 Å². The number of halogens is 1. The number of nitrogen functional groups attached to an aromatic ring is 1. The van der Waals surface area contributed by atoms with Gasteiger partial charge in [0, 0.05) is 17.6 Å².